The van der Waals surface area contributed by atoms with Crippen LogP contribution in [0, 0.1) is 6.92 Å². The van der Waals surface area contributed by atoms with E-state index in [-0.39, 0.29) is 17.6 Å². The molecule has 0 aromatic heterocycles. The molecule has 0 aliphatic carbocycles. The number of nitrogens with zero attached hydrogens (tertiary/aromatic N) is 1. The maximum atomic E-state index is 12.1. The number of amides is 1. The van der Waals surface area contributed by atoms with E-state index < -0.39 is 0 Å². The first-order chi connectivity index (χ1) is 13.1. The largest absolute Gasteiger partial charge is 0.483 e. The van der Waals surface area contributed by atoms with Crippen molar-refractivity contribution in [2.45, 2.75) is 6.92 Å². The highest BCUT2D eigenvalue weighted by Gasteiger charge is 2.15. The lowest BCUT2D eigenvalue weighted by Gasteiger charge is -2.30. The molecule has 2 aromatic carbocycles. The summed E-state index contributed by atoms with van der Waals surface area (Å²) in [6.45, 7) is 4.88. The second-order valence-electron chi connectivity index (χ2n) is 6.17. The van der Waals surface area contributed by atoms with E-state index in [1.807, 2.05) is 55.5 Å². The van der Waals surface area contributed by atoms with Crippen molar-refractivity contribution in [3.8, 4) is 5.75 Å². The van der Waals surface area contributed by atoms with Crippen LogP contribution >= 0.6 is 12.2 Å². The highest BCUT2D eigenvalue weighted by atomic mass is 32.1. The summed E-state index contributed by atoms with van der Waals surface area (Å²) in [5, 5.41) is 6.02. The summed E-state index contributed by atoms with van der Waals surface area (Å²) < 4.78 is 11.0. The van der Waals surface area contributed by atoms with Gasteiger partial charge in [-0.2, -0.15) is 0 Å². The first-order valence-corrected chi connectivity index (χ1v) is 9.25. The molecule has 0 unspecified atom stereocenters. The molecule has 27 heavy (non-hydrogen) atoms. The fourth-order valence-electron chi connectivity index (χ4n) is 2.84. The van der Waals surface area contributed by atoms with Crippen LogP contribution in [0.2, 0.25) is 0 Å². The Balaban J connectivity index is 1.54. The molecule has 1 aliphatic heterocycles. The Morgan fingerprint density at radius 3 is 2.63 bits per heavy atom. The van der Waals surface area contributed by atoms with Crippen LogP contribution in [-0.2, 0) is 9.53 Å². The molecule has 1 aliphatic rings. The second-order valence-corrected chi connectivity index (χ2v) is 6.58. The third-order valence-corrected chi connectivity index (χ3v) is 4.41. The number of aryl methyl sites for hydroxylation is 1. The number of thiocarbonyl (C=S) groups is 1. The lowest BCUT2D eigenvalue weighted by atomic mass is 10.2. The molecule has 0 atom stereocenters. The van der Waals surface area contributed by atoms with E-state index in [1.165, 1.54) is 0 Å². The van der Waals surface area contributed by atoms with Crippen LogP contribution in [-0.4, -0.2) is 43.9 Å². The first-order valence-electron chi connectivity index (χ1n) is 8.84. The third-order valence-electron chi connectivity index (χ3n) is 4.21. The van der Waals surface area contributed by atoms with Crippen molar-refractivity contribution in [1.82, 2.24) is 5.32 Å². The normalized spacial score (nSPS) is 13.7. The highest BCUT2D eigenvalue weighted by molar-refractivity contribution is 7.80. The van der Waals surface area contributed by atoms with Gasteiger partial charge in [-0.1, -0.05) is 30.3 Å². The number of hydrogen-bond donors (Lipinski definition) is 2. The average molecular weight is 385 g/mol. The van der Waals surface area contributed by atoms with Gasteiger partial charge in [0.05, 0.1) is 24.6 Å². The predicted molar refractivity (Wildman–Crippen MR) is 111 cm³/mol. The van der Waals surface area contributed by atoms with Crippen molar-refractivity contribution in [1.29, 1.82) is 0 Å². The van der Waals surface area contributed by atoms with Crippen LogP contribution in [0.25, 0.3) is 0 Å². The van der Waals surface area contributed by atoms with E-state index in [0.717, 1.165) is 30.0 Å². The summed E-state index contributed by atoms with van der Waals surface area (Å²) in [6, 6.07) is 15.4. The van der Waals surface area contributed by atoms with Crippen LogP contribution in [0.5, 0.6) is 5.75 Å². The molecule has 0 bridgehead atoms. The summed E-state index contributed by atoms with van der Waals surface area (Å²) in [6.07, 6.45) is 0. The van der Waals surface area contributed by atoms with Crippen LogP contribution in [0.1, 0.15) is 5.56 Å². The van der Waals surface area contributed by atoms with Crippen LogP contribution in [0.15, 0.2) is 48.5 Å². The van der Waals surface area contributed by atoms with Crippen LogP contribution in [0.3, 0.4) is 0 Å². The second kappa shape index (κ2) is 9.34. The van der Waals surface area contributed by atoms with Crippen LogP contribution in [0.4, 0.5) is 11.4 Å². The van der Waals surface area contributed by atoms with Crippen LogP contribution < -0.4 is 20.3 Å². The van der Waals surface area contributed by atoms with E-state index in [1.54, 1.807) is 0 Å². The molecule has 7 heteroatoms. The van der Waals surface area contributed by atoms with Crippen molar-refractivity contribution in [3.05, 3.63) is 54.1 Å². The fraction of sp³-hybridized carbons (Fsp3) is 0.300. The number of ether oxygens (including phenoxy) is 2. The Labute approximate surface area is 164 Å². The lowest BCUT2D eigenvalue weighted by Crippen LogP contribution is -2.39. The molecule has 1 saturated heterocycles. The van der Waals surface area contributed by atoms with Crippen molar-refractivity contribution in [2.75, 3.05) is 43.1 Å². The molecular formula is C20H23N3O3S. The molecule has 2 aromatic rings. The molecule has 0 spiro atoms. The van der Waals surface area contributed by atoms with E-state index in [9.17, 15) is 4.79 Å². The van der Waals surface area contributed by atoms with E-state index >= 15 is 0 Å². The van der Waals surface area contributed by atoms with E-state index in [2.05, 4.69) is 15.5 Å². The Morgan fingerprint density at radius 2 is 1.85 bits per heavy atom. The summed E-state index contributed by atoms with van der Waals surface area (Å²) in [5.74, 6) is 0.379. The predicted octanol–water partition coefficient (Wildman–Crippen LogP) is 2.72. The van der Waals surface area contributed by atoms with Gasteiger partial charge < -0.3 is 19.7 Å². The summed E-state index contributed by atoms with van der Waals surface area (Å²) in [5.41, 5.74) is 2.86. The number of morpholine rings is 1. The van der Waals surface area contributed by atoms with Gasteiger partial charge in [-0.3, -0.25) is 10.1 Å². The first kappa shape index (κ1) is 19.1. The number of carbonyl (C=O) groups is 1. The van der Waals surface area contributed by atoms with Crippen molar-refractivity contribution in [2.24, 2.45) is 0 Å². The molecule has 6 nitrogen and oxygen atoms in total. The van der Waals surface area contributed by atoms with Gasteiger partial charge in [-0.25, -0.2) is 0 Å². The number of hydrogen-bond acceptors (Lipinski definition) is 5. The molecule has 2 N–H and O–H groups in total. The number of benzene rings is 2. The fourth-order valence-corrected chi connectivity index (χ4v) is 3.06. The van der Waals surface area contributed by atoms with Gasteiger partial charge in [0.1, 0.15) is 5.75 Å². The van der Waals surface area contributed by atoms with E-state index in [4.69, 9.17) is 21.7 Å². The zero-order valence-electron chi connectivity index (χ0n) is 15.2. The van der Waals surface area contributed by atoms with Crippen molar-refractivity contribution >= 4 is 34.6 Å². The quantitative estimate of drug-likeness (QED) is 0.772. The molecule has 0 saturated carbocycles. The van der Waals surface area contributed by atoms with Gasteiger partial charge in [-0.05, 0) is 42.9 Å². The number of nitrogens with one attached hydrogen (secondary N) is 2. The molecular weight excluding hydrogens is 362 g/mol. The number of anilines is 2. The molecule has 3 rings (SSSR count). The molecule has 0 radical (unpaired) electrons. The average Bonchev–Trinajstić information content (AvgIpc) is 2.68. The number of para-hydroxylation sites is 3. The smallest absolute Gasteiger partial charge is 0.264 e. The summed E-state index contributed by atoms with van der Waals surface area (Å²) in [4.78, 5) is 14.4. The lowest BCUT2D eigenvalue weighted by molar-refractivity contribution is -0.121. The summed E-state index contributed by atoms with van der Waals surface area (Å²) >= 11 is 5.29. The monoisotopic (exact) mass is 385 g/mol. The topological polar surface area (TPSA) is 62.8 Å². The van der Waals surface area contributed by atoms with Gasteiger partial charge >= 0.3 is 0 Å². The minimum atomic E-state index is -0.306. The maximum absolute atomic E-state index is 12.1. The minimum absolute atomic E-state index is 0.0994. The number of rotatable bonds is 5. The molecule has 1 amide bonds. The Hall–Kier alpha value is -2.64. The highest BCUT2D eigenvalue weighted by Crippen LogP contribution is 2.26. The van der Waals surface area contributed by atoms with E-state index in [0.29, 0.717) is 19.0 Å². The van der Waals surface area contributed by atoms with Gasteiger partial charge in [0.15, 0.2) is 11.7 Å². The van der Waals surface area contributed by atoms with Gasteiger partial charge in [0, 0.05) is 13.1 Å². The SMILES string of the molecule is Cc1ccccc1OCC(=O)NC(=S)Nc1ccccc1N1CCOCC1. The third kappa shape index (κ3) is 5.42. The zero-order chi connectivity index (χ0) is 19.1. The Morgan fingerprint density at radius 1 is 1.15 bits per heavy atom. The zero-order valence-corrected chi connectivity index (χ0v) is 16.1. The summed E-state index contributed by atoms with van der Waals surface area (Å²) in [7, 11) is 0. The molecule has 1 heterocycles. The van der Waals surface area contributed by atoms with Gasteiger partial charge in [-0.15, -0.1) is 0 Å². The molecule has 142 valence electrons. The van der Waals surface area contributed by atoms with Gasteiger partial charge in [0.25, 0.3) is 5.91 Å². The molecule has 1 fully saturated rings. The minimum Gasteiger partial charge on any atom is -0.483 e. The Bertz CT molecular complexity index is 807. The Kier molecular flexibility index (Phi) is 6.62. The van der Waals surface area contributed by atoms with Gasteiger partial charge in [0.2, 0.25) is 0 Å². The van der Waals surface area contributed by atoms with Crippen molar-refractivity contribution in [3.63, 3.8) is 0 Å². The number of carbonyl (C=O) groups excluding carboxylic acids is 1. The maximum Gasteiger partial charge on any atom is 0.264 e. The standard InChI is InChI=1S/C20H23N3O3S/c1-15-6-2-5-9-18(15)26-14-19(24)22-20(27)21-16-7-3-4-8-17(16)23-10-12-25-13-11-23/h2-9H,10-14H2,1H3,(H2,21,22,24,27). The van der Waals surface area contributed by atoms with Crippen molar-refractivity contribution < 1.29 is 14.3 Å².